The summed E-state index contributed by atoms with van der Waals surface area (Å²) in [4.78, 5) is 35.6. The number of benzene rings is 2. The van der Waals surface area contributed by atoms with E-state index in [0.717, 1.165) is 15.8 Å². The van der Waals surface area contributed by atoms with Crippen LogP contribution in [0, 0.1) is 6.92 Å². The van der Waals surface area contributed by atoms with Gasteiger partial charge in [0.2, 0.25) is 16.9 Å². The van der Waals surface area contributed by atoms with E-state index in [1.807, 2.05) is 37.3 Å². The van der Waals surface area contributed by atoms with Crippen LogP contribution in [0.2, 0.25) is 5.02 Å². The number of nitrogens with one attached hydrogen (secondary N) is 1. The first-order valence-electron chi connectivity index (χ1n) is 8.85. The minimum absolute atomic E-state index is 0.0542. The van der Waals surface area contributed by atoms with Crippen molar-refractivity contribution < 1.29 is 9.59 Å². The van der Waals surface area contributed by atoms with Crippen LogP contribution in [-0.4, -0.2) is 39.2 Å². The lowest BCUT2D eigenvalue weighted by Crippen LogP contribution is -2.30. The third-order valence-electron chi connectivity index (χ3n) is 4.46. The highest BCUT2D eigenvalue weighted by molar-refractivity contribution is 8.15. The molecule has 1 unspecified atom stereocenters. The van der Waals surface area contributed by atoms with Gasteiger partial charge >= 0.3 is 0 Å². The number of thiazole rings is 1. The van der Waals surface area contributed by atoms with Gasteiger partial charge in [-0.1, -0.05) is 52.9 Å². The molecular weight excluding hydrogens is 428 g/mol. The van der Waals surface area contributed by atoms with E-state index in [-0.39, 0.29) is 18.2 Å². The van der Waals surface area contributed by atoms with Crippen molar-refractivity contribution in [2.75, 3.05) is 12.4 Å². The van der Waals surface area contributed by atoms with Crippen LogP contribution in [0.1, 0.15) is 12.0 Å². The summed E-state index contributed by atoms with van der Waals surface area (Å²) in [7, 11) is 1.67. The quantitative estimate of drug-likeness (QED) is 0.624. The van der Waals surface area contributed by atoms with Gasteiger partial charge in [-0.05, 0) is 36.8 Å². The van der Waals surface area contributed by atoms with Gasteiger partial charge in [0.25, 0.3) is 0 Å². The van der Waals surface area contributed by atoms with Gasteiger partial charge in [-0.15, -0.1) is 0 Å². The number of aliphatic imine (C=N–C) groups is 1. The topological polar surface area (TPSA) is 74.7 Å². The molecule has 1 saturated heterocycles. The standard InChI is InChI=1S/C20H17ClN4O2S2/c1-11-7-8-12(21)9-14(11)22-17(26)10-16-18(27)25(2)20(29-16)24-19-23-13-5-3-4-6-15(13)28-19/h3-9,16H,10H2,1-2H3,(H,22,26)/b24-20+. The van der Waals surface area contributed by atoms with Gasteiger partial charge in [0.1, 0.15) is 5.25 Å². The van der Waals surface area contributed by atoms with E-state index in [9.17, 15) is 9.59 Å². The first-order valence-corrected chi connectivity index (χ1v) is 10.9. The molecule has 6 nitrogen and oxygen atoms in total. The van der Waals surface area contributed by atoms with E-state index in [4.69, 9.17) is 11.6 Å². The van der Waals surface area contributed by atoms with Crippen molar-refractivity contribution >= 4 is 72.7 Å². The van der Waals surface area contributed by atoms with Crippen LogP contribution in [0.4, 0.5) is 10.8 Å². The molecule has 2 amide bonds. The fourth-order valence-corrected chi connectivity index (χ4v) is 5.09. The van der Waals surface area contributed by atoms with Crippen molar-refractivity contribution in [2.45, 2.75) is 18.6 Å². The first-order chi connectivity index (χ1) is 13.9. The molecule has 0 aliphatic carbocycles. The van der Waals surface area contributed by atoms with Crippen LogP contribution in [0.3, 0.4) is 0 Å². The number of halogens is 1. The van der Waals surface area contributed by atoms with Crippen molar-refractivity contribution in [3.63, 3.8) is 0 Å². The largest absolute Gasteiger partial charge is 0.326 e. The highest BCUT2D eigenvalue weighted by Crippen LogP contribution is 2.34. The van der Waals surface area contributed by atoms with Crippen molar-refractivity contribution in [1.82, 2.24) is 9.88 Å². The predicted molar refractivity (Wildman–Crippen MR) is 120 cm³/mol. The molecule has 0 spiro atoms. The van der Waals surface area contributed by atoms with Crippen LogP contribution in [0.15, 0.2) is 47.5 Å². The zero-order chi connectivity index (χ0) is 20.5. The lowest BCUT2D eigenvalue weighted by Gasteiger charge is -2.11. The first kappa shape index (κ1) is 19.9. The van der Waals surface area contributed by atoms with E-state index < -0.39 is 5.25 Å². The Balaban J connectivity index is 1.47. The highest BCUT2D eigenvalue weighted by atomic mass is 35.5. The summed E-state index contributed by atoms with van der Waals surface area (Å²) < 4.78 is 1.04. The number of hydrogen-bond acceptors (Lipinski definition) is 6. The number of amidine groups is 1. The zero-order valence-electron chi connectivity index (χ0n) is 15.7. The van der Waals surface area contributed by atoms with Crippen molar-refractivity contribution in [1.29, 1.82) is 0 Å². The van der Waals surface area contributed by atoms with Gasteiger partial charge in [0.05, 0.1) is 10.2 Å². The monoisotopic (exact) mass is 444 g/mol. The lowest BCUT2D eigenvalue weighted by molar-refractivity contribution is -0.127. The molecule has 29 heavy (non-hydrogen) atoms. The Morgan fingerprint density at radius 1 is 1.31 bits per heavy atom. The summed E-state index contributed by atoms with van der Waals surface area (Å²) in [5, 5.41) is 4.00. The second-order valence-electron chi connectivity index (χ2n) is 6.57. The number of thioether (sulfide) groups is 1. The number of anilines is 1. The Kier molecular flexibility index (Phi) is 5.58. The molecule has 3 aromatic rings. The number of nitrogens with zero attached hydrogens (tertiary/aromatic N) is 3. The zero-order valence-corrected chi connectivity index (χ0v) is 18.1. The summed E-state index contributed by atoms with van der Waals surface area (Å²) >= 11 is 8.75. The molecule has 148 valence electrons. The maximum Gasteiger partial charge on any atom is 0.242 e. The molecule has 0 bridgehead atoms. The van der Waals surface area contributed by atoms with Gasteiger partial charge in [0, 0.05) is 24.2 Å². The minimum atomic E-state index is -0.521. The SMILES string of the molecule is Cc1ccc(Cl)cc1NC(=O)CC1S/C(=N/c2nc3ccccc3s2)N(C)C1=O. The third kappa shape index (κ3) is 4.29. The molecule has 1 aromatic heterocycles. The van der Waals surface area contributed by atoms with Crippen LogP contribution < -0.4 is 5.32 Å². The summed E-state index contributed by atoms with van der Waals surface area (Å²) in [5.41, 5.74) is 2.43. The Morgan fingerprint density at radius 2 is 2.10 bits per heavy atom. The molecule has 0 radical (unpaired) electrons. The second-order valence-corrected chi connectivity index (χ2v) is 9.19. The lowest BCUT2D eigenvalue weighted by atomic mass is 10.2. The summed E-state index contributed by atoms with van der Waals surface area (Å²) in [5.74, 6) is -0.385. The van der Waals surface area contributed by atoms with Crippen molar-refractivity contribution in [3.8, 4) is 0 Å². The number of aromatic nitrogens is 1. The van der Waals surface area contributed by atoms with Crippen LogP contribution >= 0.6 is 34.7 Å². The van der Waals surface area contributed by atoms with E-state index in [1.54, 1.807) is 19.2 Å². The molecule has 1 aliphatic rings. The smallest absolute Gasteiger partial charge is 0.242 e. The fraction of sp³-hybridized carbons (Fsp3) is 0.200. The molecule has 2 aromatic carbocycles. The highest BCUT2D eigenvalue weighted by Gasteiger charge is 2.37. The maximum absolute atomic E-state index is 12.6. The van der Waals surface area contributed by atoms with Crippen molar-refractivity contribution in [2.24, 2.45) is 4.99 Å². The Morgan fingerprint density at radius 3 is 2.90 bits per heavy atom. The summed E-state index contributed by atoms with van der Waals surface area (Å²) in [6.07, 6.45) is 0.0542. The number of fused-ring (bicyclic) bond motifs is 1. The molecule has 4 rings (SSSR count). The molecule has 2 heterocycles. The minimum Gasteiger partial charge on any atom is -0.326 e. The number of hydrogen-bond donors (Lipinski definition) is 1. The van der Waals surface area contributed by atoms with E-state index >= 15 is 0 Å². The molecule has 1 N–H and O–H groups in total. The van der Waals surface area contributed by atoms with Gasteiger partial charge in [-0.2, -0.15) is 4.99 Å². The normalized spacial score (nSPS) is 18.0. The fourth-order valence-electron chi connectivity index (χ4n) is 2.89. The van der Waals surface area contributed by atoms with Gasteiger partial charge in [-0.3, -0.25) is 14.5 Å². The van der Waals surface area contributed by atoms with Gasteiger partial charge in [0.15, 0.2) is 5.17 Å². The van der Waals surface area contributed by atoms with Gasteiger partial charge in [-0.25, -0.2) is 4.98 Å². The van der Waals surface area contributed by atoms with E-state index in [0.29, 0.717) is 21.0 Å². The number of amides is 2. The van der Waals surface area contributed by atoms with E-state index in [2.05, 4.69) is 15.3 Å². The second kappa shape index (κ2) is 8.14. The summed E-state index contributed by atoms with van der Waals surface area (Å²) in [6.45, 7) is 1.89. The van der Waals surface area contributed by atoms with Crippen LogP contribution in [0.5, 0.6) is 0 Å². The molecule has 0 saturated carbocycles. The maximum atomic E-state index is 12.6. The number of rotatable bonds is 4. The third-order valence-corrected chi connectivity index (χ3v) is 6.85. The molecule has 1 fully saturated rings. The Labute approximate surface area is 181 Å². The number of carbonyl (C=O) groups is 2. The molecule has 1 aliphatic heterocycles. The predicted octanol–water partition coefficient (Wildman–Crippen LogP) is 4.85. The van der Waals surface area contributed by atoms with Crippen LogP contribution in [-0.2, 0) is 9.59 Å². The molecule has 9 heteroatoms. The molecule has 1 atom stereocenters. The Bertz CT molecular complexity index is 1110. The van der Waals surface area contributed by atoms with Crippen molar-refractivity contribution in [3.05, 3.63) is 53.1 Å². The number of aryl methyl sites for hydroxylation is 1. The molecular formula is C20H17ClN4O2S2. The average molecular weight is 445 g/mol. The number of para-hydroxylation sites is 1. The average Bonchev–Trinajstić information content (AvgIpc) is 3.21. The number of carbonyl (C=O) groups excluding carboxylic acids is 2. The Hall–Kier alpha value is -2.42. The van der Waals surface area contributed by atoms with Crippen LogP contribution in [0.25, 0.3) is 10.2 Å². The summed E-state index contributed by atoms with van der Waals surface area (Å²) in [6, 6.07) is 13.1. The van der Waals surface area contributed by atoms with E-state index in [1.165, 1.54) is 28.0 Å². The van der Waals surface area contributed by atoms with Gasteiger partial charge < -0.3 is 5.32 Å².